The third-order valence-corrected chi connectivity index (χ3v) is 6.79. The maximum Gasteiger partial charge on any atom is 0.332 e. The quantitative estimate of drug-likeness (QED) is 0.185. The number of nitrogen functional groups attached to an aromatic ring is 1. The molecule has 2 aromatic carbocycles. The molecule has 0 atom stereocenters. The summed E-state index contributed by atoms with van der Waals surface area (Å²) in [6.07, 6.45) is 2.43. The van der Waals surface area contributed by atoms with Crippen molar-refractivity contribution in [2.75, 3.05) is 25.4 Å². The third kappa shape index (κ3) is 6.06. The zero-order valence-electron chi connectivity index (χ0n) is 22.3. The summed E-state index contributed by atoms with van der Waals surface area (Å²) in [5.74, 6) is 0.750. The predicted molar refractivity (Wildman–Crippen MR) is 152 cm³/mol. The number of benzene rings is 2. The van der Waals surface area contributed by atoms with Gasteiger partial charge in [-0.15, -0.1) is 0 Å². The number of nitrogens with one attached hydrogen (secondary N) is 1. The molecule has 202 valence electrons. The number of nitrogens with zero attached hydrogens (tertiary/aromatic N) is 4. The van der Waals surface area contributed by atoms with Crippen LogP contribution in [0.4, 0.5) is 5.69 Å². The Kier molecular flexibility index (Phi) is 9.15. The number of nitrogens with two attached hydrogens (primary N) is 1. The fraction of sp³-hybridized carbons (Fsp3) is 0.414. The van der Waals surface area contributed by atoms with Crippen LogP contribution < -0.4 is 22.3 Å². The van der Waals surface area contributed by atoms with Crippen molar-refractivity contribution in [2.24, 2.45) is 0 Å². The third-order valence-electron chi connectivity index (χ3n) is 6.79. The number of hydrogen-bond acceptors (Lipinski definition) is 6. The van der Waals surface area contributed by atoms with Crippen LogP contribution in [0.2, 0.25) is 0 Å². The number of hydrogen-bond donors (Lipinski definition) is 3. The van der Waals surface area contributed by atoms with Crippen LogP contribution in [0, 0.1) is 0 Å². The number of aliphatic hydroxyl groups excluding tert-OH is 1. The van der Waals surface area contributed by atoms with Crippen molar-refractivity contribution in [3.63, 3.8) is 0 Å². The Labute approximate surface area is 222 Å². The Morgan fingerprint density at radius 2 is 1.50 bits per heavy atom. The summed E-state index contributed by atoms with van der Waals surface area (Å²) in [6, 6.07) is 15.7. The standard InChI is InChI=1S/C29H38N6O3/c1-3-16-35-28(37)26-27(34(29(35)38)17-13-21-9-11-24(30)12-10-21)32-25(33(26)18-15-31-4-2)20-23-7-5-22(6-8-23)14-19-36/h5-12,31,36H,3-4,13-20,30H2,1-2H3. The minimum Gasteiger partial charge on any atom is -0.399 e. The van der Waals surface area contributed by atoms with E-state index in [-0.39, 0.29) is 17.9 Å². The molecule has 2 heterocycles. The first kappa shape index (κ1) is 27.3. The minimum atomic E-state index is -0.323. The van der Waals surface area contributed by atoms with E-state index in [2.05, 4.69) is 5.32 Å². The van der Waals surface area contributed by atoms with Crippen LogP contribution in [0.25, 0.3) is 11.2 Å². The molecule has 0 spiro atoms. The van der Waals surface area contributed by atoms with E-state index in [1.807, 2.05) is 66.9 Å². The summed E-state index contributed by atoms with van der Waals surface area (Å²) >= 11 is 0. The average Bonchev–Trinajstić information content (AvgIpc) is 3.26. The van der Waals surface area contributed by atoms with Gasteiger partial charge in [0, 0.05) is 44.9 Å². The van der Waals surface area contributed by atoms with Gasteiger partial charge in [0.15, 0.2) is 11.2 Å². The molecule has 0 radical (unpaired) electrons. The first-order chi connectivity index (χ1) is 18.5. The molecule has 4 rings (SSSR count). The van der Waals surface area contributed by atoms with Crippen LogP contribution in [-0.2, 0) is 38.9 Å². The van der Waals surface area contributed by atoms with E-state index in [0.717, 1.165) is 29.1 Å². The molecule has 0 unspecified atom stereocenters. The van der Waals surface area contributed by atoms with Gasteiger partial charge < -0.3 is 20.7 Å². The molecular formula is C29H38N6O3. The second kappa shape index (κ2) is 12.7. The zero-order chi connectivity index (χ0) is 27.1. The Morgan fingerprint density at radius 1 is 0.842 bits per heavy atom. The number of aromatic nitrogens is 4. The van der Waals surface area contributed by atoms with Gasteiger partial charge in [-0.25, -0.2) is 9.78 Å². The number of aliphatic hydroxyl groups is 1. The molecule has 9 nitrogen and oxygen atoms in total. The van der Waals surface area contributed by atoms with Gasteiger partial charge in [-0.2, -0.15) is 0 Å². The zero-order valence-corrected chi connectivity index (χ0v) is 22.3. The van der Waals surface area contributed by atoms with Crippen LogP contribution >= 0.6 is 0 Å². The van der Waals surface area contributed by atoms with E-state index in [0.29, 0.717) is 68.7 Å². The van der Waals surface area contributed by atoms with Gasteiger partial charge in [0.2, 0.25) is 0 Å². The largest absolute Gasteiger partial charge is 0.399 e. The molecule has 38 heavy (non-hydrogen) atoms. The van der Waals surface area contributed by atoms with Crippen molar-refractivity contribution in [3.8, 4) is 0 Å². The smallest absolute Gasteiger partial charge is 0.332 e. The van der Waals surface area contributed by atoms with Crippen molar-refractivity contribution >= 4 is 16.9 Å². The summed E-state index contributed by atoms with van der Waals surface area (Å²) in [6.45, 7) is 6.95. The molecule has 0 fully saturated rings. The van der Waals surface area contributed by atoms with Gasteiger partial charge in [0.1, 0.15) is 5.82 Å². The van der Waals surface area contributed by atoms with Gasteiger partial charge in [-0.05, 0) is 54.6 Å². The molecule has 0 saturated heterocycles. The van der Waals surface area contributed by atoms with E-state index < -0.39 is 0 Å². The second-order valence-corrected chi connectivity index (χ2v) is 9.55. The number of aryl methyl sites for hydroxylation is 2. The molecule has 0 aliphatic carbocycles. The van der Waals surface area contributed by atoms with Crippen LogP contribution in [0.1, 0.15) is 42.8 Å². The highest BCUT2D eigenvalue weighted by molar-refractivity contribution is 5.71. The SMILES string of the molecule is CCCn1c(=O)c2c(nc(Cc3ccc(CCO)cc3)n2CCNCC)n(CCc2ccc(N)cc2)c1=O. The molecule has 0 bridgehead atoms. The van der Waals surface area contributed by atoms with E-state index in [1.165, 1.54) is 4.57 Å². The number of likely N-dealkylation sites (N-methyl/N-ethyl adjacent to an activating group) is 1. The first-order valence-electron chi connectivity index (χ1n) is 13.4. The van der Waals surface area contributed by atoms with Crippen LogP contribution in [0.15, 0.2) is 58.1 Å². The number of anilines is 1. The van der Waals surface area contributed by atoms with E-state index in [1.54, 1.807) is 4.57 Å². The number of imidazole rings is 1. The average molecular weight is 519 g/mol. The van der Waals surface area contributed by atoms with Crippen LogP contribution in [-0.4, -0.2) is 43.5 Å². The van der Waals surface area contributed by atoms with Crippen molar-refractivity contribution in [1.29, 1.82) is 0 Å². The van der Waals surface area contributed by atoms with Crippen LogP contribution in [0.3, 0.4) is 0 Å². The highest BCUT2D eigenvalue weighted by Gasteiger charge is 2.21. The molecule has 0 aliphatic rings. The molecule has 4 N–H and O–H groups in total. The molecule has 0 aliphatic heterocycles. The maximum atomic E-state index is 13.7. The van der Waals surface area contributed by atoms with Gasteiger partial charge in [-0.1, -0.05) is 50.2 Å². The van der Waals surface area contributed by atoms with Crippen LogP contribution in [0.5, 0.6) is 0 Å². The van der Waals surface area contributed by atoms with Gasteiger partial charge >= 0.3 is 5.69 Å². The molecule has 0 amide bonds. The summed E-state index contributed by atoms with van der Waals surface area (Å²) in [7, 11) is 0. The second-order valence-electron chi connectivity index (χ2n) is 9.55. The number of fused-ring (bicyclic) bond motifs is 1. The summed E-state index contributed by atoms with van der Waals surface area (Å²) in [5, 5.41) is 12.6. The Hall–Kier alpha value is -3.69. The van der Waals surface area contributed by atoms with Crippen molar-refractivity contribution in [2.45, 2.75) is 59.2 Å². The topological polar surface area (TPSA) is 120 Å². The summed E-state index contributed by atoms with van der Waals surface area (Å²) < 4.78 is 4.98. The lowest BCUT2D eigenvalue weighted by Gasteiger charge is -2.13. The molecule has 4 aromatic rings. The lowest BCUT2D eigenvalue weighted by Crippen LogP contribution is -2.41. The molecule has 0 saturated carbocycles. The van der Waals surface area contributed by atoms with Gasteiger partial charge in [-0.3, -0.25) is 13.9 Å². The predicted octanol–water partition coefficient (Wildman–Crippen LogP) is 2.33. The molecular weight excluding hydrogens is 480 g/mol. The lowest BCUT2D eigenvalue weighted by atomic mass is 10.1. The molecule has 9 heteroatoms. The van der Waals surface area contributed by atoms with Gasteiger partial charge in [0.05, 0.1) is 0 Å². The van der Waals surface area contributed by atoms with Gasteiger partial charge in [0.25, 0.3) is 5.56 Å². The van der Waals surface area contributed by atoms with E-state index in [9.17, 15) is 14.7 Å². The van der Waals surface area contributed by atoms with Crippen molar-refractivity contribution < 1.29 is 5.11 Å². The Bertz CT molecular complexity index is 1470. The van der Waals surface area contributed by atoms with Crippen molar-refractivity contribution in [1.82, 2.24) is 24.0 Å². The molecule has 2 aromatic heterocycles. The minimum absolute atomic E-state index is 0.109. The fourth-order valence-electron chi connectivity index (χ4n) is 4.76. The summed E-state index contributed by atoms with van der Waals surface area (Å²) in [4.78, 5) is 32.1. The highest BCUT2D eigenvalue weighted by atomic mass is 16.3. The maximum absolute atomic E-state index is 13.7. The normalized spacial score (nSPS) is 11.4. The highest BCUT2D eigenvalue weighted by Crippen LogP contribution is 2.17. The monoisotopic (exact) mass is 518 g/mol. The van der Waals surface area contributed by atoms with E-state index in [4.69, 9.17) is 10.7 Å². The Balaban J connectivity index is 1.82. The first-order valence-corrected chi connectivity index (χ1v) is 13.4. The Morgan fingerprint density at radius 3 is 2.16 bits per heavy atom. The van der Waals surface area contributed by atoms with E-state index >= 15 is 0 Å². The van der Waals surface area contributed by atoms with Crippen molar-refractivity contribution in [3.05, 3.63) is 91.9 Å². The lowest BCUT2D eigenvalue weighted by molar-refractivity contribution is 0.299. The summed E-state index contributed by atoms with van der Waals surface area (Å²) in [5.41, 5.74) is 10.0. The number of rotatable bonds is 13. The fourth-order valence-corrected chi connectivity index (χ4v) is 4.76.